The minimum absolute atomic E-state index is 0.0747. The average molecular weight is 416 g/mol. The first-order valence-corrected chi connectivity index (χ1v) is 9.81. The molecule has 0 aliphatic carbocycles. The van der Waals surface area contributed by atoms with Crippen LogP contribution in [-0.2, 0) is 13.0 Å². The lowest BCUT2D eigenvalue weighted by Crippen LogP contribution is -2.13. The third-order valence-electron chi connectivity index (χ3n) is 4.68. The molecular formula is C22H23BrFNO. The summed E-state index contributed by atoms with van der Waals surface area (Å²) in [6.45, 7) is 6.38. The van der Waals surface area contributed by atoms with Crippen molar-refractivity contribution < 1.29 is 9.18 Å². The van der Waals surface area contributed by atoms with E-state index in [-0.39, 0.29) is 17.5 Å². The van der Waals surface area contributed by atoms with Gasteiger partial charge in [-0.25, -0.2) is 4.39 Å². The summed E-state index contributed by atoms with van der Waals surface area (Å²) in [6, 6.07) is 13.1. The van der Waals surface area contributed by atoms with Crippen LogP contribution in [-0.4, -0.2) is 10.4 Å². The average Bonchev–Trinajstić information content (AvgIpc) is 2.90. The molecule has 0 N–H and O–H groups in total. The summed E-state index contributed by atoms with van der Waals surface area (Å²) in [5.41, 5.74) is 3.42. The second kappa shape index (κ2) is 7.75. The fraction of sp³-hybridized carbons (Fsp3) is 0.318. The molecule has 1 aromatic heterocycles. The maximum Gasteiger partial charge on any atom is 0.167 e. The quantitative estimate of drug-likeness (QED) is 0.427. The van der Waals surface area contributed by atoms with Crippen LogP contribution in [0.2, 0.25) is 0 Å². The summed E-state index contributed by atoms with van der Waals surface area (Å²) in [5, 5.41) is 0.965. The van der Waals surface area contributed by atoms with Gasteiger partial charge in [-0.1, -0.05) is 67.4 Å². The van der Waals surface area contributed by atoms with E-state index in [1.807, 2.05) is 44.2 Å². The van der Waals surface area contributed by atoms with Gasteiger partial charge in [-0.15, -0.1) is 0 Å². The Hall–Kier alpha value is -1.94. The Labute approximate surface area is 162 Å². The molecule has 2 nitrogen and oxygen atoms in total. The van der Waals surface area contributed by atoms with Gasteiger partial charge in [0.05, 0.1) is 6.54 Å². The lowest BCUT2D eigenvalue weighted by Gasteiger charge is -2.13. The lowest BCUT2D eigenvalue weighted by atomic mass is 9.97. The minimum Gasteiger partial charge on any atom is -0.339 e. The van der Waals surface area contributed by atoms with Crippen LogP contribution in [0, 0.1) is 11.7 Å². The molecule has 0 bridgehead atoms. The Morgan fingerprint density at radius 2 is 1.92 bits per heavy atom. The van der Waals surface area contributed by atoms with Crippen molar-refractivity contribution in [2.45, 2.75) is 40.2 Å². The number of fused-ring (bicyclic) bond motifs is 1. The number of benzene rings is 2. The highest BCUT2D eigenvalue weighted by molar-refractivity contribution is 9.10. The van der Waals surface area contributed by atoms with Crippen molar-refractivity contribution in [3.05, 3.63) is 69.6 Å². The van der Waals surface area contributed by atoms with E-state index in [0.717, 1.165) is 39.5 Å². The van der Waals surface area contributed by atoms with Crippen molar-refractivity contribution in [3.63, 3.8) is 0 Å². The second-order valence-electron chi connectivity index (χ2n) is 6.93. The topological polar surface area (TPSA) is 22.0 Å². The van der Waals surface area contributed by atoms with E-state index in [1.165, 1.54) is 6.07 Å². The van der Waals surface area contributed by atoms with Crippen molar-refractivity contribution in [1.29, 1.82) is 0 Å². The van der Waals surface area contributed by atoms with E-state index < -0.39 is 0 Å². The Morgan fingerprint density at radius 3 is 2.58 bits per heavy atom. The highest BCUT2D eigenvalue weighted by Gasteiger charge is 2.24. The van der Waals surface area contributed by atoms with E-state index in [9.17, 15) is 9.18 Å². The van der Waals surface area contributed by atoms with Crippen LogP contribution < -0.4 is 0 Å². The van der Waals surface area contributed by atoms with Crippen LogP contribution in [0.25, 0.3) is 10.9 Å². The van der Waals surface area contributed by atoms with E-state index in [2.05, 4.69) is 27.4 Å². The maximum atomic E-state index is 14.4. The number of carbonyl (C=O) groups is 1. The Kier molecular flexibility index (Phi) is 5.61. The molecule has 3 rings (SSSR count). The van der Waals surface area contributed by atoms with Gasteiger partial charge in [0.25, 0.3) is 0 Å². The van der Waals surface area contributed by atoms with Crippen LogP contribution in [0.15, 0.2) is 46.9 Å². The van der Waals surface area contributed by atoms with Gasteiger partial charge in [-0.05, 0) is 24.6 Å². The predicted octanol–water partition coefficient (Wildman–Crippen LogP) is 6.38. The largest absolute Gasteiger partial charge is 0.339 e. The van der Waals surface area contributed by atoms with Gasteiger partial charge in [-0.3, -0.25) is 4.79 Å². The SMILES string of the molecule is CCCc1c(C(=O)C(C)C)c2ccccc2n1Cc1ccc(Br)cc1F. The molecule has 0 saturated carbocycles. The Bertz CT molecular complexity index is 958. The van der Waals surface area contributed by atoms with Crippen LogP contribution in [0.5, 0.6) is 0 Å². The summed E-state index contributed by atoms with van der Waals surface area (Å²) in [4.78, 5) is 12.9. The zero-order chi connectivity index (χ0) is 18.8. The summed E-state index contributed by atoms with van der Waals surface area (Å²) in [6.07, 6.45) is 1.72. The van der Waals surface area contributed by atoms with Crippen molar-refractivity contribution in [2.24, 2.45) is 5.92 Å². The number of aromatic nitrogens is 1. The van der Waals surface area contributed by atoms with E-state index >= 15 is 0 Å². The first-order valence-electron chi connectivity index (χ1n) is 9.02. The van der Waals surface area contributed by atoms with Gasteiger partial charge in [0.2, 0.25) is 0 Å². The normalized spacial score (nSPS) is 11.5. The fourth-order valence-electron chi connectivity index (χ4n) is 3.42. The Balaban J connectivity index is 2.23. The molecular weight excluding hydrogens is 393 g/mol. The van der Waals surface area contributed by atoms with Crippen molar-refractivity contribution >= 4 is 32.6 Å². The van der Waals surface area contributed by atoms with Crippen molar-refractivity contribution in [2.75, 3.05) is 0 Å². The number of hydrogen-bond acceptors (Lipinski definition) is 1. The van der Waals surface area contributed by atoms with Gasteiger partial charge in [0.15, 0.2) is 5.78 Å². The van der Waals surface area contributed by atoms with E-state index in [4.69, 9.17) is 0 Å². The molecule has 26 heavy (non-hydrogen) atoms. The number of rotatable bonds is 6. The van der Waals surface area contributed by atoms with Gasteiger partial charge in [0, 0.05) is 38.1 Å². The van der Waals surface area contributed by atoms with E-state index in [0.29, 0.717) is 12.1 Å². The summed E-state index contributed by atoms with van der Waals surface area (Å²) in [5.74, 6) is -0.162. The number of ketones is 1. The summed E-state index contributed by atoms with van der Waals surface area (Å²) >= 11 is 3.31. The fourth-order valence-corrected chi connectivity index (χ4v) is 3.75. The highest BCUT2D eigenvalue weighted by atomic mass is 79.9. The predicted molar refractivity (Wildman–Crippen MR) is 108 cm³/mol. The zero-order valence-corrected chi connectivity index (χ0v) is 16.9. The van der Waals surface area contributed by atoms with Gasteiger partial charge < -0.3 is 4.57 Å². The third kappa shape index (κ3) is 3.48. The molecule has 0 spiro atoms. The number of nitrogens with zero attached hydrogens (tertiary/aromatic N) is 1. The first kappa shape index (κ1) is 18.8. The molecule has 4 heteroatoms. The highest BCUT2D eigenvalue weighted by Crippen LogP contribution is 2.31. The minimum atomic E-state index is -0.239. The van der Waals surface area contributed by atoms with Crippen molar-refractivity contribution in [3.8, 4) is 0 Å². The molecule has 0 atom stereocenters. The number of hydrogen-bond donors (Lipinski definition) is 0. The molecule has 2 aromatic carbocycles. The van der Waals surface area contributed by atoms with Gasteiger partial charge >= 0.3 is 0 Å². The molecule has 1 heterocycles. The molecule has 0 fully saturated rings. The molecule has 3 aromatic rings. The number of para-hydroxylation sites is 1. The maximum absolute atomic E-state index is 14.4. The molecule has 0 amide bonds. The zero-order valence-electron chi connectivity index (χ0n) is 15.4. The molecule has 0 aliphatic heterocycles. The monoisotopic (exact) mass is 415 g/mol. The second-order valence-corrected chi connectivity index (χ2v) is 7.85. The molecule has 136 valence electrons. The lowest BCUT2D eigenvalue weighted by molar-refractivity contribution is 0.0940. The van der Waals surface area contributed by atoms with Gasteiger partial charge in [-0.2, -0.15) is 0 Å². The van der Waals surface area contributed by atoms with Crippen LogP contribution in [0.1, 0.15) is 48.8 Å². The van der Waals surface area contributed by atoms with Gasteiger partial charge in [0.1, 0.15) is 5.82 Å². The standard InChI is InChI=1S/C22H23BrFNO/c1-4-7-20-21(22(26)14(2)3)17-8-5-6-9-19(17)25(20)13-15-10-11-16(23)12-18(15)24/h5-6,8-12,14H,4,7,13H2,1-3H3. The molecule has 0 radical (unpaired) electrons. The van der Waals surface area contributed by atoms with Crippen LogP contribution in [0.3, 0.4) is 0 Å². The van der Waals surface area contributed by atoms with Crippen LogP contribution in [0.4, 0.5) is 4.39 Å². The number of Topliss-reactive ketones (excluding diaryl/α,β-unsaturated/α-hetero) is 1. The summed E-state index contributed by atoms with van der Waals surface area (Å²) < 4.78 is 17.3. The molecule has 0 unspecified atom stereocenters. The smallest absolute Gasteiger partial charge is 0.167 e. The number of halogens is 2. The van der Waals surface area contributed by atoms with Crippen molar-refractivity contribution in [1.82, 2.24) is 4.57 Å². The molecule has 0 saturated heterocycles. The van der Waals surface area contributed by atoms with E-state index in [1.54, 1.807) is 6.07 Å². The Morgan fingerprint density at radius 1 is 1.19 bits per heavy atom. The van der Waals surface area contributed by atoms with Crippen LogP contribution >= 0.6 is 15.9 Å². The number of carbonyl (C=O) groups excluding carboxylic acids is 1. The third-order valence-corrected chi connectivity index (χ3v) is 5.17. The summed E-state index contributed by atoms with van der Waals surface area (Å²) in [7, 11) is 0. The molecule has 0 aliphatic rings. The first-order chi connectivity index (χ1) is 12.4.